The van der Waals surface area contributed by atoms with Crippen molar-refractivity contribution in [3.05, 3.63) is 0 Å². The van der Waals surface area contributed by atoms with Gasteiger partial charge in [0.2, 0.25) is 0 Å². The largest absolute Gasteiger partial charge is 0.390 e. The molecule has 0 atom stereocenters. The number of rotatable bonds is 11. The van der Waals surface area contributed by atoms with Crippen LogP contribution in [-0.2, 0) is 0 Å². The Kier molecular flexibility index (Phi) is 12.0. The minimum absolute atomic E-state index is 0.139. The summed E-state index contributed by atoms with van der Waals surface area (Å²) in [6.07, 6.45) is 0.710. The summed E-state index contributed by atoms with van der Waals surface area (Å²) >= 11 is 0. The van der Waals surface area contributed by atoms with Gasteiger partial charge in [0.25, 0.3) is 0 Å². The Hall–Kier alpha value is -0.980. The van der Waals surface area contributed by atoms with Crippen molar-refractivity contribution in [1.82, 2.24) is 15.5 Å². The number of unbranched alkanes of at least 4 members (excludes halogenated alkanes) is 4. The van der Waals surface area contributed by atoms with E-state index in [1.165, 1.54) is 19.3 Å². The summed E-state index contributed by atoms with van der Waals surface area (Å²) in [6, 6.07) is 0. The van der Waals surface area contributed by atoms with Crippen molar-refractivity contribution < 1.29 is 13.2 Å². The van der Waals surface area contributed by atoms with Crippen LogP contribution in [0.5, 0.6) is 0 Å². The van der Waals surface area contributed by atoms with Gasteiger partial charge in [-0.3, -0.25) is 4.99 Å². The lowest BCUT2D eigenvalue weighted by atomic mass is 10.1. The molecule has 2 N–H and O–H groups in total. The van der Waals surface area contributed by atoms with E-state index in [-0.39, 0.29) is 6.54 Å². The average molecular weight is 324 g/mol. The molecule has 0 aliphatic heterocycles. The zero-order valence-corrected chi connectivity index (χ0v) is 14.1. The number of nitrogens with one attached hydrogen (secondary N) is 2. The molecule has 0 radical (unpaired) electrons. The highest BCUT2D eigenvalue weighted by Gasteiger charge is 2.26. The van der Waals surface area contributed by atoms with Gasteiger partial charge in [-0.2, -0.15) is 13.2 Å². The summed E-state index contributed by atoms with van der Waals surface area (Å²) in [5, 5.41) is 5.67. The van der Waals surface area contributed by atoms with E-state index in [0.717, 1.165) is 19.4 Å². The lowest BCUT2D eigenvalue weighted by Crippen LogP contribution is -2.39. The molecule has 0 aromatic carbocycles. The van der Waals surface area contributed by atoms with Crippen LogP contribution >= 0.6 is 0 Å². The Balaban J connectivity index is 3.74. The van der Waals surface area contributed by atoms with Gasteiger partial charge in [0.15, 0.2) is 5.96 Å². The molecule has 0 saturated heterocycles. The molecular weight excluding hydrogens is 293 g/mol. The summed E-state index contributed by atoms with van der Waals surface area (Å²) < 4.78 is 36.3. The van der Waals surface area contributed by atoms with Gasteiger partial charge in [-0.05, 0) is 40.4 Å². The van der Waals surface area contributed by atoms with Crippen LogP contribution < -0.4 is 10.6 Å². The fraction of sp³-hybridized carbons (Fsp3) is 0.933. The number of alkyl halides is 3. The third kappa shape index (κ3) is 15.4. The van der Waals surface area contributed by atoms with Crippen LogP contribution in [0.4, 0.5) is 13.2 Å². The second kappa shape index (κ2) is 12.6. The lowest BCUT2D eigenvalue weighted by molar-refractivity contribution is -0.132. The zero-order chi connectivity index (χ0) is 16.8. The Labute approximate surface area is 132 Å². The summed E-state index contributed by atoms with van der Waals surface area (Å²) in [6.45, 7) is 4.16. The van der Waals surface area contributed by atoms with E-state index in [0.29, 0.717) is 19.0 Å². The lowest BCUT2D eigenvalue weighted by Gasteiger charge is -2.12. The maximum Gasteiger partial charge on any atom is 0.390 e. The van der Waals surface area contributed by atoms with Crippen molar-refractivity contribution in [3.63, 3.8) is 0 Å². The molecule has 0 rings (SSSR count). The van der Waals surface area contributed by atoms with Crippen LogP contribution in [0.2, 0.25) is 0 Å². The van der Waals surface area contributed by atoms with Crippen molar-refractivity contribution in [2.45, 2.75) is 51.6 Å². The van der Waals surface area contributed by atoms with Gasteiger partial charge in [-0.1, -0.05) is 19.3 Å². The molecule has 0 aromatic rings. The first kappa shape index (κ1) is 21.0. The number of halogens is 3. The highest BCUT2D eigenvalue weighted by atomic mass is 19.4. The molecule has 0 saturated carbocycles. The molecule has 22 heavy (non-hydrogen) atoms. The van der Waals surface area contributed by atoms with E-state index in [4.69, 9.17) is 0 Å². The molecule has 0 aromatic heterocycles. The second-order valence-corrected chi connectivity index (χ2v) is 5.62. The van der Waals surface area contributed by atoms with E-state index in [1.54, 1.807) is 0 Å². The Morgan fingerprint density at radius 1 is 1.00 bits per heavy atom. The van der Waals surface area contributed by atoms with E-state index in [1.807, 2.05) is 6.92 Å². The zero-order valence-electron chi connectivity index (χ0n) is 14.1. The SMILES string of the molecule is CCNC(=NCCCCCCCN(C)C)NCCC(F)(F)F. The van der Waals surface area contributed by atoms with Crippen molar-refractivity contribution in [2.24, 2.45) is 4.99 Å². The van der Waals surface area contributed by atoms with Gasteiger partial charge in [-0.15, -0.1) is 0 Å². The first-order valence-electron chi connectivity index (χ1n) is 8.09. The quantitative estimate of drug-likeness (QED) is 0.349. The first-order chi connectivity index (χ1) is 10.3. The molecule has 0 fully saturated rings. The minimum Gasteiger partial charge on any atom is -0.357 e. The van der Waals surface area contributed by atoms with Crippen molar-refractivity contribution in [3.8, 4) is 0 Å². The van der Waals surface area contributed by atoms with Gasteiger partial charge in [0.1, 0.15) is 0 Å². The van der Waals surface area contributed by atoms with Gasteiger partial charge < -0.3 is 15.5 Å². The molecule has 0 amide bonds. The number of guanidine groups is 1. The van der Waals surface area contributed by atoms with Gasteiger partial charge >= 0.3 is 6.18 Å². The highest BCUT2D eigenvalue weighted by Crippen LogP contribution is 2.18. The van der Waals surface area contributed by atoms with Crippen molar-refractivity contribution in [2.75, 3.05) is 40.3 Å². The van der Waals surface area contributed by atoms with E-state index in [9.17, 15) is 13.2 Å². The van der Waals surface area contributed by atoms with E-state index < -0.39 is 12.6 Å². The predicted octanol–water partition coefficient (Wildman–Crippen LogP) is 3.01. The highest BCUT2D eigenvalue weighted by molar-refractivity contribution is 5.79. The third-order valence-electron chi connectivity index (χ3n) is 3.08. The summed E-state index contributed by atoms with van der Waals surface area (Å²) in [5.41, 5.74) is 0. The Morgan fingerprint density at radius 2 is 1.64 bits per heavy atom. The Morgan fingerprint density at radius 3 is 2.23 bits per heavy atom. The van der Waals surface area contributed by atoms with Crippen LogP contribution in [-0.4, -0.2) is 57.3 Å². The maximum atomic E-state index is 12.1. The van der Waals surface area contributed by atoms with Crippen LogP contribution in [0.1, 0.15) is 45.4 Å². The van der Waals surface area contributed by atoms with Crippen LogP contribution in [0, 0.1) is 0 Å². The van der Waals surface area contributed by atoms with E-state index in [2.05, 4.69) is 34.6 Å². The Bertz CT molecular complexity index is 291. The number of hydrogen-bond acceptors (Lipinski definition) is 2. The van der Waals surface area contributed by atoms with Gasteiger partial charge in [-0.25, -0.2) is 0 Å². The molecule has 0 aliphatic rings. The molecule has 0 spiro atoms. The topological polar surface area (TPSA) is 39.7 Å². The summed E-state index contributed by atoms with van der Waals surface area (Å²) in [5.74, 6) is 0.472. The number of aliphatic imine (C=N–C) groups is 1. The molecule has 0 unspecified atom stereocenters. The first-order valence-corrected chi connectivity index (χ1v) is 8.09. The van der Waals surface area contributed by atoms with Crippen LogP contribution in [0.25, 0.3) is 0 Å². The predicted molar refractivity (Wildman–Crippen MR) is 86.3 cm³/mol. The van der Waals surface area contributed by atoms with Crippen molar-refractivity contribution in [1.29, 1.82) is 0 Å². The molecule has 7 heteroatoms. The summed E-state index contributed by atoms with van der Waals surface area (Å²) in [7, 11) is 4.14. The fourth-order valence-electron chi connectivity index (χ4n) is 1.93. The molecule has 0 bridgehead atoms. The smallest absolute Gasteiger partial charge is 0.357 e. The number of hydrogen-bond donors (Lipinski definition) is 2. The molecule has 4 nitrogen and oxygen atoms in total. The van der Waals surface area contributed by atoms with Crippen molar-refractivity contribution >= 4 is 5.96 Å². The number of nitrogens with zero attached hydrogens (tertiary/aromatic N) is 2. The van der Waals surface area contributed by atoms with Crippen LogP contribution in [0.15, 0.2) is 4.99 Å². The normalized spacial score (nSPS) is 12.8. The minimum atomic E-state index is -4.13. The van der Waals surface area contributed by atoms with Gasteiger partial charge in [0.05, 0.1) is 6.42 Å². The fourth-order valence-corrected chi connectivity index (χ4v) is 1.93. The second-order valence-electron chi connectivity index (χ2n) is 5.62. The average Bonchev–Trinajstić information content (AvgIpc) is 2.40. The van der Waals surface area contributed by atoms with E-state index >= 15 is 0 Å². The maximum absolute atomic E-state index is 12.1. The monoisotopic (exact) mass is 324 g/mol. The molecule has 0 heterocycles. The standard InChI is InChI=1S/C15H31F3N4/c1-4-19-14(21-12-10-15(16,17)18)20-11-8-6-5-7-9-13-22(2)3/h4-13H2,1-3H3,(H2,19,20,21). The third-order valence-corrected chi connectivity index (χ3v) is 3.08. The molecular formula is C15H31F3N4. The summed E-state index contributed by atoms with van der Waals surface area (Å²) in [4.78, 5) is 6.48. The van der Waals surface area contributed by atoms with Gasteiger partial charge in [0, 0.05) is 19.6 Å². The molecule has 132 valence electrons. The molecule has 0 aliphatic carbocycles. The van der Waals surface area contributed by atoms with Crippen LogP contribution in [0.3, 0.4) is 0 Å².